The van der Waals surface area contributed by atoms with Crippen LogP contribution in [0.2, 0.25) is 5.02 Å². The highest BCUT2D eigenvalue weighted by molar-refractivity contribution is 6.30. The SMILES string of the molecule is CN(CC(=O)O)C1CCCN(Cc2ccc(Cl)cc2F)CC1. The topological polar surface area (TPSA) is 43.8 Å². The normalized spacial score (nSPS) is 20.1. The summed E-state index contributed by atoms with van der Waals surface area (Å²) < 4.78 is 13.9. The third-order valence-corrected chi connectivity index (χ3v) is 4.44. The first kappa shape index (κ1) is 17.2. The average Bonchev–Trinajstić information content (AvgIpc) is 2.67. The number of hydrogen-bond donors (Lipinski definition) is 1. The van der Waals surface area contributed by atoms with Crippen LogP contribution in [-0.4, -0.2) is 53.6 Å². The van der Waals surface area contributed by atoms with Gasteiger partial charge in [0, 0.05) is 23.2 Å². The van der Waals surface area contributed by atoms with Crippen LogP contribution in [0.25, 0.3) is 0 Å². The minimum atomic E-state index is -0.799. The van der Waals surface area contributed by atoms with Crippen LogP contribution in [0.4, 0.5) is 4.39 Å². The van der Waals surface area contributed by atoms with Crippen LogP contribution in [0.5, 0.6) is 0 Å². The van der Waals surface area contributed by atoms with Crippen LogP contribution < -0.4 is 0 Å². The van der Waals surface area contributed by atoms with E-state index in [1.54, 1.807) is 12.1 Å². The Balaban J connectivity index is 1.91. The van der Waals surface area contributed by atoms with E-state index in [4.69, 9.17) is 16.7 Å². The Labute approximate surface area is 135 Å². The molecular weight excluding hydrogens is 307 g/mol. The minimum Gasteiger partial charge on any atom is -0.480 e. The highest BCUT2D eigenvalue weighted by Gasteiger charge is 2.22. The molecule has 122 valence electrons. The molecule has 1 unspecified atom stereocenters. The Kier molecular flexibility index (Phi) is 6.17. The number of likely N-dealkylation sites (N-methyl/N-ethyl adjacent to an activating group) is 1. The average molecular weight is 329 g/mol. The molecule has 1 saturated heterocycles. The van der Waals surface area contributed by atoms with Crippen LogP contribution in [-0.2, 0) is 11.3 Å². The van der Waals surface area contributed by atoms with Crippen LogP contribution in [0.3, 0.4) is 0 Å². The summed E-state index contributed by atoms with van der Waals surface area (Å²) in [5.74, 6) is -1.07. The molecule has 1 aromatic rings. The molecule has 1 fully saturated rings. The Morgan fingerprint density at radius 1 is 1.45 bits per heavy atom. The van der Waals surface area contributed by atoms with Crippen molar-refractivity contribution < 1.29 is 14.3 Å². The maximum atomic E-state index is 13.9. The predicted molar refractivity (Wildman–Crippen MR) is 84.6 cm³/mol. The van der Waals surface area contributed by atoms with Gasteiger partial charge in [0.25, 0.3) is 0 Å². The van der Waals surface area contributed by atoms with E-state index in [9.17, 15) is 9.18 Å². The second kappa shape index (κ2) is 7.90. The Hall–Kier alpha value is -1.17. The van der Waals surface area contributed by atoms with Gasteiger partial charge in [0.1, 0.15) is 5.82 Å². The lowest BCUT2D eigenvalue weighted by Gasteiger charge is -2.25. The number of likely N-dealkylation sites (tertiary alicyclic amines) is 1. The van der Waals surface area contributed by atoms with Crippen LogP contribution >= 0.6 is 11.6 Å². The molecule has 1 aromatic carbocycles. The molecule has 0 aromatic heterocycles. The number of carbonyl (C=O) groups is 1. The van der Waals surface area contributed by atoms with Gasteiger partial charge >= 0.3 is 5.97 Å². The lowest BCUT2D eigenvalue weighted by atomic mass is 10.1. The van der Waals surface area contributed by atoms with E-state index in [2.05, 4.69) is 4.90 Å². The van der Waals surface area contributed by atoms with Gasteiger partial charge in [-0.2, -0.15) is 0 Å². The molecule has 1 aliphatic rings. The standard InChI is InChI=1S/C16H22ClFN2O2/c1-19(11-16(21)22)14-3-2-7-20(8-6-14)10-12-4-5-13(17)9-15(12)18/h4-5,9,14H,2-3,6-8,10-11H2,1H3,(H,21,22). The number of rotatable bonds is 5. The lowest BCUT2D eigenvalue weighted by molar-refractivity contribution is -0.138. The summed E-state index contributed by atoms with van der Waals surface area (Å²) in [5.41, 5.74) is 0.654. The maximum Gasteiger partial charge on any atom is 0.317 e. The zero-order valence-corrected chi connectivity index (χ0v) is 13.5. The number of carboxylic acid groups (broad SMARTS) is 1. The van der Waals surface area contributed by atoms with Crippen molar-refractivity contribution in [2.45, 2.75) is 31.8 Å². The summed E-state index contributed by atoms with van der Waals surface area (Å²) in [7, 11) is 1.85. The summed E-state index contributed by atoms with van der Waals surface area (Å²) >= 11 is 5.77. The van der Waals surface area contributed by atoms with E-state index in [-0.39, 0.29) is 18.4 Å². The van der Waals surface area contributed by atoms with Crippen molar-refractivity contribution in [2.75, 3.05) is 26.7 Å². The first-order valence-electron chi connectivity index (χ1n) is 7.54. The molecule has 4 nitrogen and oxygen atoms in total. The summed E-state index contributed by atoms with van der Waals surface area (Å²) in [6.07, 6.45) is 2.87. The number of hydrogen-bond acceptors (Lipinski definition) is 3. The van der Waals surface area contributed by atoms with E-state index in [1.165, 1.54) is 6.07 Å². The molecule has 0 bridgehead atoms. The van der Waals surface area contributed by atoms with Gasteiger partial charge in [-0.25, -0.2) is 4.39 Å². The van der Waals surface area contributed by atoms with Gasteiger partial charge in [-0.3, -0.25) is 14.6 Å². The van der Waals surface area contributed by atoms with Crippen molar-refractivity contribution in [1.82, 2.24) is 9.80 Å². The second-order valence-corrected chi connectivity index (χ2v) is 6.34. The lowest BCUT2D eigenvalue weighted by Crippen LogP contribution is -2.36. The maximum absolute atomic E-state index is 13.9. The van der Waals surface area contributed by atoms with Crippen molar-refractivity contribution in [2.24, 2.45) is 0 Å². The summed E-state index contributed by atoms with van der Waals surface area (Å²) in [4.78, 5) is 14.9. The number of nitrogens with zero attached hydrogens (tertiary/aromatic N) is 2. The van der Waals surface area contributed by atoms with E-state index >= 15 is 0 Å². The zero-order valence-electron chi connectivity index (χ0n) is 12.8. The molecule has 1 heterocycles. The van der Waals surface area contributed by atoms with Crippen LogP contribution in [0, 0.1) is 5.82 Å². The molecule has 1 N–H and O–H groups in total. The molecule has 0 spiro atoms. The zero-order chi connectivity index (χ0) is 16.1. The molecule has 6 heteroatoms. The van der Waals surface area contributed by atoms with Gasteiger partial charge in [-0.05, 0) is 51.5 Å². The smallest absolute Gasteiger partial charge is 0.317 e. The number of carboxylic acids is 1. The monoisotopic (exact) mass is 328 g/mol. The highest BCUT2D eigenvalue weighted by Crippen LogP contribution is 2.20. The molecular formula is C16H22ClFN2O2. The fraction of sp³-hybridized carbons (Fsp3) is 0.562. The van der Waals surface area contributed by atoms with Crippen LogP contribution in [0.1, 0.15) is 24.8 Å². The van der Waals surface area contributed by atoms with Crippen molar-refractivity contribution in [3.63, 3.8) is 0 Å². The van der Waals surface area contributed by atoms with Crippen molar-refractivity contribution in [1.29, 1.82) is 0 Å². The predicted octanol–water partition coefficient (Wildman–Crippen LogP) is 2.85. The summed E-state index contributed by atoms with van der Waals surface area (Å²) in [6.45, 7) is 2.38. The van der Waals surface area contributed by atoms with Gasteiger partial charge in [0.2, 0.25) is 0 Å². The molecule has 22 heavy (non-hydrogen) atoms. The van der Waals surface area contributed by atoms with E-state index in [0.717, 1.165) is 32.4 Å². The Morgan fingerprint density at radius 2 is 2.23 bits per heavy atom. The largest absolute Gasteiger partial charge is 0.480 e. The van der Waals surface area contributed by atoms with Crippen molar-refractivity contribution in [3.05, 3.63) is 34.6 Å². The third kappa shape index (κ3) is 4.93. The third-order valence-electron chi connectivity index (χ3n) is 4.21. The quantitative estimate of drug-likeness (QED) is 0.902. The van der Waals surface area contributed by atoms with Gasteiger partial charge in [0.15, 0.2) is 0 Å². The molecule has 0 aliphatic carbocycles. The molecule has 2 rings (SSSR count). The first-order chi connectivity index (χ1) is 10.5. The summed E-state index contributed by atoms with van der Waals surface area (Å²) in [5, 5.41) is 9.29. The van der Waals surface area contributed by atoms with Gasteiger partial charge in [-0.15, -0.1) is 0 Å². The minimum absolute atomic E-state index is 0.0660. The van der Waals surface area contributed by atoms with Crippen LogP contribution in [0.15, 0.2) is 18.2 Å². The molecule has 1 atom stereocenters. The molecule has 0 radical (unpaired) electrons. The van der Waals surface area contributed by atoms with Gasteiger partial charge in [0.05, 0.1) is 6.54 Å². The molecule has 0 amide bonds. The first-order valence-corrected chi connectivity index (χ1v) is 7.92. The van der Waals surface area contributed by atoms with Crippen molar-refractivity contribution >= 4 is 17.6 Å². The van der Waals surface area contributed by atoms with E-state index in [1.807, 2.05) is 11.9 Å². The fourth-order valence-corrected chi connectivity index (χ4v) is 3.13. The molecule has 0 saturated carbocycles. The second-order valence-electron chi connectivity index (χ2n) is 5.91. The fourth-order valence-electron chi connectivity index (χ4n) is 2.97. The highest BCUT2D eigenvalue weighted by atomic mass is 35.5. The molecule has 1 aliphatic heterocycles. The Bertz CT molecular complexity index is 527. The van der Waals surface area contributed by atoms with Crippen molar-refractivity contribution in [3.8, 4) is 0 Å². The number of benzene rings is 1. The van der Waals surface area contributed by atoms with Gasteiger partial charge in [-0.1, -0.05) is 17.7 Å². The van der Waals surface area contributed by atoms with E-state index in [0.29, 0.717) is 17.1 Å². The Morgan fingerprint density at radius 3 is 2.91 bits per heavy atom. The number of halogens is 2. The summed E-state index contributed by atoms with van der Waals surface area (Å²) in [6, 6.07) is 5.06. The van der Waals surface area contributed by atoms with Gasteiger partial charge < -0.3 is 5.11 Å². The van der Waals surface area contributed by atoms with E-state index < -0.39 is 5.97 Å². The number of aliphatic carboxylic acids is 1.